The van der Waals surface area contributed by atoms with Gasteiger partial charge in [-0.25, -0.2) is 4.79 Å². The van der Waals surface area contributed by atoms with Gasteiger partial charge in [0, 0.05) is 18.4 Å². The van der Waals surface area contributed by atoms with E-state index in [0.29, 0.717) is 0 Å². The highest BCUT2D eigenvalue weighted by molar-refractivity contribution is 5.98. The van der Waals surface area contributed by atoms with Crippen molar-refractivity contribution < 1.29 is 9.59 Å². The van der Waals surface area contributed by atoms with E-state index in [0.717, 1.165) is 11.0 Å². The first-order valence-corrected chi connectivity index (χ1v) is 7.34. The zero-order chi connectivity index (χ0) is 16.1. The second-order valence-electron chi connectivity index (χ2n) is 6.68. The van der Waals surface area contributed by atoms with Gasteiger partial charge in [-0.2, -0.15) is 0 Å². The molecule has 1 aliphatic rings. The maximum absolute atomic E-state index is 12.9. The maximum Gasteiger partial charge on any atom is 0.329 e. The number of aromatic nitrogens is 2. The molecule has 0 spiro atoms. The van der Waals surface area contributed by atoms with Gasteiger partial charge in [-0.3, -0.25) is 24.0 Å². The standard InChI is InChI=1S/C16H19N3O3/c1-16(2,3)19-12-7-5-4-6-11(12)18(15(19)22)10-8-13(20)17-14(21)9-10/h4-7,10H,8-9H2,1-3H3,(H,17,20,21). The lowest BCUT2D eigenvalue weighted by atomic mass is 10.1. The molecule has 1 aromatic heterocycles. The number of nitrogens with one attached hydrogen (secondary N) is 1. The topological polar surface area (TPSA) is 73.1 Å². The van der Waals surface area contributed by atoms with E-state index in [9.17, 15) is 14.4 Å². The number of benzene rings is 1. The molecule has 0 unspecified atom stereocenters. The quantitative estimate of drug-likeness (QED) is 0.812. The summed E-state index contributed by atoms with van der Waals surface area (Å²) < 4.78 is 3.32. The van der Waals surface area contributed by atoms with E-state index in [2.05, 4.69) is 5.32 Å². The molecule has 2 amide bonds. The Morgan fingerprint density at radius 1 is 1.00 bits per heavy atom. The SMILES string of the molecule is CC(C)(C)n1c(=O)n(C2CC(=O)NC(=O)C2)c2ccccc21. The third-order valence-electron chi connectivity index (χ3n) is 3.94. The average Bonchev–Trinajstić information content (AvgIpc) is 2.68. The number of carbonyl (C=O) groups excluding carboxylic acids is 2. The van der Waals surface area contributed by atoms with Crippen LogP contribution in [0.25, 0.3) is 11.0 Å². The van der Waals surface area contributed by atoms with E-state index in [1.807, 2.05) is 45.0 Å². The minimum absolute atomic E-state index is 0.143. The molecule has 1 aliphatic heterocycles. The zero-order valence-corrected chi connectivity index (χ0v) is 12.9. The molecule has 1 fully saturated rings. The van der Waals surface area contributed by atoms with Crippen LogP contribution in [0.2, 0.25) is 0 Å². The summed E-state index contributed by atoms with van der Waals surface area (Å²) in [5.41, 5.74) is 1.01. The predicted molar refractivity (Wildman–Crippen MR) is 82.6 cm³/mol. The Balaban J connectivity index is 2.27. The van der Waals surface area contributed by atoms with Gasteiger partial charge in [0.25, 0.3) is 0 Å². The van der Waals surface area contributed by atoms with Crippen molar-refractivity contribution in [2.75, 3.05) is 0 Å². The number of para-hydroxylation sites is 2. The molecule has 3 rings (SSSR count). The summed E-state index contributed by atoms with van der Waals surface area (Å²) >= 11 is 0. The van der Waals surface area contributed by atoms with E-state index < -0.39 is 6.04 Å². The number of piperidine rings is 1. The summed E-state index contributed by atoms with van der Waals surface area (Å²) in [6.07, 6.45) is 0.285. The van der Waals surface area contributed by atoms with Crippen molar-refractivity contribution in [1.29, 1.82) is 0 Å². The molecule has 0 radical (unpaired) electrons. The largest absolute Gasteiger partial charge is 0.329 e. The fourth-order valence-electron chi connectivity index (χ4n) is 3.11. The maximum atomic E-state index is 12.9. The Labute approximate surface area is 127 Å². The number of rotatable bonds is 1. The van der Waals surface area contributed by atoms with Gasteiger partial charge >= 0.3 is 5.69 Å². The van der Waals surface area contributed by atoms with Gasteiger partial charge in [-0.15, -0.1) is 0 Å². The predicted octanol–water partition coefficient (Wildman–Crippen LogP) is 1.54. The lowest BCUT2D eigenvalue weighted by molar-refractivity contribution is -0.134. The van der Waals surface area contributed by atoms with E-state index >= 15 is 0 Å². The van der Waals surface area contributed by atoms with Crippen molar-refractivity contribution in [3.05, 3.63) is 34.7 Å². The van der Waals surface area contributed by atoms with Crippen LogP contribution in [0.5, 0.6) is 0 Å². The number of fused-ring (bicyclic) bond motifs is 1. The number of hydrogen-bond donors (Lipinski definition) is 1. The Morgan fingerprint density at radius 2 is 1.55 bits per heavy atom. The van der Waals surface area contributed by atoms with Gasteiger partial charge < -0.3 is 0 Å². The summed E-state index contributed by atoms with van der Waals surface area (Å²) in [7, 11) is 0. The molecule has 116 valence electrons. The van der Waals surface area contributed by atoms with Gasteiger partial charge in [-0.05, 0) is 32.9 Å². The summed E-state index contributed by atoms with van der Waals surface area (Å²) in [6.45, 7) is 5.89. The van der Waals surface area contributed by atoms with Crippen molar-refractivity contribution in [2.45, 2.75) is 45.2 Å². The molecule has 22 heavy (non-hydrogen) atoms. The van der Waals surface area contributed by atoms with Crippen LogP contribution in [-0.4, -0.2) is 20.9 Å². The van der Waals surface area contributed by atoms with Crippen LogP contribution in [0.4, 0.5) is 0 Å². The van der Waals surface area contributed by atoms with Crippen molar-refractivity contribution >= 4 is 22.8 Å². The fraction of sp³-hybridized carbons (Fsp3) is 0.438. The summed E-state index contributed by atoms with van der Waals surface area (Å²) in [5, 5.41) is 2.28. The number of amides is 2. The van der Waals surface area contributed by atoms with Crippen LogP contribution in [0.3, 0.4) is 0 Å². The Morgan fingerprint density at radius 3 is 2.09 bits per heavy atom. The lowest BCUT2D eigenvalue weighted by Gasteiger charge is -2.23. The first-order chi connectivity index (χ1) is 10.3. The minimum atomic E-state index is -0.428. The molecular formula is C16H19N3O3. The first kappa shape index (κ1) is 14.6. The highest BCUT2D eigenvalue weighted by atomic mass is 16.2. The van der Waals surface area contributed by atoms with Crippen molar-refractivity contribution in [3.63, 3.8) is 0 Å². The molecule has 0 atom stereocenters. The Kier molecular flexibility index (Phi) is 3.20. The van der Waals surface area contributed by atoms with Crippen molar-refractivity contribution in [3.8, 4) is 0 Å². The van der Waals surface area contributed by atoms with Crippen LogP contribution in [-0.2, 0) is 15.1 Å². The lowest BCUT2D eigenvalue weighted by Crippen LogP contribution is -2.43. The smallest absolute Gasteiger partial charge is 0.296 e. The highest BCUT2D eigenvalue weighted by Gasteiger charge is 2.31. The molecule has 0 aliphatic carbocycles. The number of carbonyl (C=O) groups is 2. The summed E-state index contributed by atoms with van der Waals surface area (Å²) in [5.74, 6) is -0.665. The Bertz CT molecular complexity index is 807. The van der Waals surface area contributed by atoms with Gasteiger partial charge in [0.05, 0.1) is 17.1 Å². The first-order valence-electron chi connectivity index (χ1n) is 7.34. The van der Waals surface area contributed by atoms with Crippen LogP contribution < -0.4 is 11.0 Å². The van der Waals surface area contributed by atoms with Gasteiger partial charge in [-0.1, -0.05) is 12.1 Å². The number of imide groups is 1. The highest BCUT2D eigenvalue weighted by Crippen LogP contribution is 2.27. The van der Waals surface area contributed by atoms with E-state index in [4.69, 9.17) is 0 Å². The zero-order valence-electron chi connectivity index (χ0n) is 12.9. The van der Waals surface area contributed by atoms with Gasteiger partial charge in [0.1, 0.15) is 0 Å². The van der Waals surface area contributed by atoms with E-state index in [1.54, 1.807) is 9.13 Å². The normalized spacial score (nSPS) is 17.0. The van der Waals surface area contributed by atoms with E-state index in [-0.39, 0.29) is 35.9 Å². The fourth-order valence-corrected chi connectivity index (χ4v) is 3.11. The van der Waals surface area contributed by atoms with Gasteiger partial charge in [0.15, 0.2) is 0 Å². The minimum Gasteiger partial charge on any atom is -0.296 e. The number of nitrogens with zero attached hydrogens (tertiary/aromatic N) is 2. The van der Waals surface area contributed by atoms with Crippen LogP contribution in [0.1, 0.15) is 39.7 Å². The number of hydrogen-bond acceptors (Lipinski definition) is 3. The third kappa shape index (κ3) is 2.24. The number of imidazole rings is 1. The molecule has 6 nitrogen and oxygen atoms in total. The average molecular weight is 301 g/mol. The van der Waals surface area contributed by atoms with Crippen LogP contribution in [0, 0.1) is 0 Å². The molecule has 6 heteroatoms. The van der Waals surface area contributed by atoms with Crippen molar-refractivity contribution in [1.82, 2.24) is 14.5 Å². The third-order valence-corrected chi connectivity index (χ3v) is 3.94. The molecule has 0 saturated carbocycles. The van der Waals surface area contributed by atoms with Gasteiger partial charge in [0.2, 0.25) is 11.8 Å². The summed E-state index contributed by atoms with van der Waals surface area (Å²) in [4.78, 5) is 36.2. The van der Waals surface area contributed by atoms with E-state index in [1.165, 1.54) is 0 Å². The Hall–Kier alpha value is -2.37. The second-order valence-corrected chi connectivity index (χ2v) is 6.68. The molecule has 1 aromatic carbocycles. The van der Waals surface area contributed by atoms with Crippen LogP contribution in [0.15, 0.2) is 29.1 Å². The molecule has 1 saturated heterocycles. The monoisotopic (exact) mass is 301 g/mol. The van der Waals surface area contributed by atoms with Crippen LogP contribution >= 0.6 is 0 Å². The molecule has 1 N–H and O–H groups in total. The molecule has 0 bridgehead atoms. The molecule has 2 heterocycles. The second kappa shape index (κ2) is 4.83. The molecular weight excluding hydrogens is 282 g/mol. The summed E-state index contributed by atoms with van der Waals surface area (Å²) in [6, 6.07) is 7.06. The molecule has 2 aromatic rings. The van der Waals surface area contributed by atoms with Crippen molar-refractivity contribution in [2.24, 2.45) is 0 Å².